The summed E-state index contributed by atoms with van der Waals surface area (Å²) in [4.78, 5) is 23.8. The molecule has 106 valence electrons. The number of hydrogen-bond acceptors (Lipinski definition) is 3. The summed E-state index contributed by atoms with van der Waals surface area (Å²) in [7, 11) is 0. The lowest BCUT2D eigenvalue weighted by Crippen LogP contribution is -2.40. The van der Waals surface area contributed by atoms with E-state index in [1.165, 1.54) is 17.8 Å². The molecule has 4 nitrogen and oxygen atoms in total. The number of carbonyl (C=O) groups excluding carboxylic acids is 1. The SMILES string of the molecule is O=C(O)C1(C(=O)NC2CCSc3c(F)cccc32)CC1. The highest BCUT2D eigenvalue weighted by atomic mass is 32.2. The number of halogens is 1. The molecule has 2 aliphatic rings. The summed E-state index contributed by atoms with van der Waals surface area (Å²) >= 11 is 1.43. The van der Waals surface area contributed by atoms with Gasteiger partial charge in [0.25, 0.3) is 0 Å². The summed E-state index contributed by atoms with van der Waals surface area (Å²) in [6.45, 7) is 0. The van der Waals surface area contributed by atoms with E-state index in [4.69, 9.17) is 5.11 Å². The topological polar surface area (TPSA) is 66.4 Å². The molecule has 1 heterocycles. The van der Waals surface area contributed by atoms with E-state index in [-0.39, 0.29) is 11.9 Å². The highest BCUT2D eigenvalue weighted by molar-refractivity contribution is 7.99. The molecule has 1 aliphatic carbocycles. The van der Waals surface area contributed by atoms with Crippen molar-refractivity contribution in [2.24, 2.45) is 5.41 Å². The van der Waals surface area contributed by atoms with Gasteiger partial charge in [-0.25, -0.2) is 4.39 Å². The fourth-order valence-corrected chi connectivity index (χ4v) is 3.64. The van der Waals surface area contributed by atoms with Crippen LogP contribution in [-0.2, 0) is 9.59 Å². The first-order chi connectivity index (χ1) is 9.54. The van der Waals surface area contributed by atoms with E-state index in [9.17, 15) is 14.0 Å². The molecule has 1 aliphatic heterocycles. The van der Waals surface area contributed by atoms with Crippen LogP contribution in [-0.4, -0.2) is 22.7 Å². The lowest BCUT2D eigenvalue weighted by Gasteiger charge is -2.27. The molecule has 1 atom stereocenters. The van der Waals surface area contributed by atoms with Crippen molar-refractivity contribution in [2.75, 3.05) is 5.75 Å². The number of hydrogen-bond donors (Lipinski definition) is 2. The lowest BCUT2D eigenvalue weighted by molar-refractivity contribution is -0.149. The molecule has 1 aromatic carbocycles. The van der Waals surface area contributed by atoms with Gasteiger partial charge in [-0.3, -0.25) is 9.59 Å². The lowest BCUT2D eigenvalue weighted by atomic mass is 10.0. The molecule has 6 heteroatoms. The largest absolute Gasteiger partial charge is 0.480 e. The van der Waals surface area contributed by atoms with Gasteiger partial charge < -0.3 is 10.4 Å². The van der Waals surface area contributed by atoms with Crippen LogP contribution in [0.25, 0.3) is 0 Å². The van der Waals surface area contributed by atoms with Crippen LogP contribution in [0.15, 0.2) is 23.1 Å². The van der Waals surface area contributed by atoms with E-state index in [1.54, 1.807) is 12.1 Å². The van der Waals surface area contributed by atoms with Crippen molar-refractivity contribution in [1.29, 1.82) is 0 Å². The minimum Gasteiger partial charge on any atom is -0.480 e. The van der Waals surface area contributed by atoms with E-state index in [2.05, 4.69) is 5.32 Å². The molecular weight excluding hydrogens is 281 g/mol. The van der Waals surface area contributed by atoms with Gasteiger partial charge in [0.2, 0.25) is 5.91 Å². The third kappa shape index (κ3) is 2.08. The summed E-state index contributed by atoms with van der Waals surface area (Å²) in [5.74, 6) is -1.10. The predicted octanol–water partition coefficient (Wildman–Crippen LogP) is 2.34. The summed E-state index contributed by atoms with van der Waals surface area (Å²) in [5, 5.41) is 11.9. The monoisotopic (exact) mass is 295 g/mol. The van der Waals surface area contributed by atoms with Gasteiger partial charge in [-0.05, 0) is 30.9 Å². The quantitative estimate of drug-likeness (QED) is 0.840. The van der Waals surface area contributed by atoms with Crippen LogP contribution >= 0.6 is 11.8 Å². The molecule has 1 amide bonds. The fourth-order valence-electron chi connectivity index (χ4n) is 2.50. The van der Waals surface area contributed by atoms with Gasteiger partial charge in [-0.1, -0.05) is 12.1 Å². The Kier molecular flexibility index (Phi) is 3.20. The van der Waals surface area contributed by atoms with Crippen molar-refractivity contribution in [3.63, 3.8) is 0 Å². The first-order valence-electron chi connectivity index (χ1n) is 6.50. The van der Waals surface area contributed by atoms with Gasteiger partial charge in [-0.15, -0.1) is 11.8 Å². The van der Waals surface area contributed by atoms with Crippen molar-refractivity contribution in [1.82, 2.24) is 5.32 Å². The number of benzene rings is 1. The Morgan fingerprint density at radius 1 is 1.40 bits per heavy atom. The van der Waals surface area contributed by atoms with Crippen LogP contribution in [0.5, 0.6) is 0 Å². The molecule has 2 N–H and O–H groups in total. The molecule has 1 aromatic rings. The first-order valence-corrected chi connectivity index (χ1v) is 7.49. The number of carboxylic acid groups (broad SMARTS) is 1. The maximum atomic E-state index is 13.7. The third-order valence-electron chi connectivity index (χ3n) is 3.93. The maximum Gasteiger partial charge on any atom is 0.319 e. The van der Waals surface area contributed by atoms with Crippen LogP contribution in [0.2, 0.25) is 0 Å². The van der Waals surface area contributed by atoms with Crippen molar-refractivity contribution in [3.8, 4) is 0 Å². The molecule has 0 spiro atoms. The summed E-state index contributed by atoms with van der Waals surface area (Å²) in [5.41, 5.74) is -0.506. The predicted molar refractivity (Wildman–Crippen MR) is 71.9 cm³/mol. The van der Waals surface area contributed by atoms with Gasteiger partial charge in [0, 0.05) is 10.6 Å². The second kappa shape index (κ2) is 4.77. The Labute approximate surface area is 119 Å². The van der Waals surface area contributed by atoms with Gasteiger partial charge in [0.1, 0.15) is 11.2 Å². The Morgan fingerprint density at radius 2 is 2.15 bits per heavy atom. The molecule has 1 unspecified atom stereocenters. The zero-order valence-corrected chi connectivity index (χ0v) is 11.5. The number of carboxylic acids is 1. The van der Waals surface area contributed by atoms with E-state index in [0.717, 1.165) is 5.56 Å². The highest BCUT2D eigenvalue weighted by Gasteiger charge is 2.57. The van der Waals surface area contributed by atoms with Crippen LogP contribution in [0.4, 0.5) is 4.39 Å². The van der Waals surface area contributed by atoms with Crippen LogP contribution in [0.1, 0.15) is 30.9 Å². The number of fused-ring (bicyclic) bond motifs is 1. The van der Waals surface area contributed by atoms with E-state index in [0.29, 0.717) is 29.9 Å². The minimum atomic E-state index is -1.25. The molecule has 0 aromatic heterocycles. The average Bonchev–Trinajstić information content (AvgIpc) is 3.21. The zero-order chi connectivity index (χ0) is 14.3. The molecule has 1 saturated carbocycles. The van der Waals surface area contributed by atoms with Gasteiger partial charge in [0.15, 0.2) is 0 Å². The van der Waals surface area contributed by atoms with Crippen molar-refractivity contribution in [2.45, 2.75) is 30.2 Å². The van der Waals surface area contributed by atoms with Crippen LogP contribution in [0, 0.1) is 11.2 Å². The van der Waals surface area contributed by atoms with E-state index in [1.807, 2.05) is 0 Å². The summed E-state index contributed by atoms with van der Waals surface area (Å²) in [6.07, 6.45) is 1.44. The standard InChI is InChI=1S/C14H14FNO3S/c15-9-3-1-2-8-10(4-7-20-11(8)9)16-12(17)14(5-6-14)13(18)19/h1-3,10H,4-7H2,(H,16,17)(H,18,19). The van der Waals surface area contributed by atoms with Gasteiger partial charge >= 0.3 is 5.97 Å². The van der Waals surface area contributed by atoms with Crippen molar-refractivity contribution in [3.05, 3.63) is 29.6 Å². The number of aliphatic carboxylic acids is 1. The molecular formula is C14H14FNO3S. The summed E-state index contributed by atoms with van der Waals surface area (Å²) in [6, 6.07) is 4.50. The van der Waals surface area contributed by atoms with Crippen LogP contribution < -0.4 is 5.32 Å². The molecule has 3 rings (SSSR count). The minimum absolute atomic E-state index is 0.286. The second-order valence-electron chi connectivity index (χ2n) is 5.21. The normalized spacial score (nSPS) is 22.8. The maximum absolute atomic E-state index is 13.7. The molecule has 20 heavy (non-hydrogen) atoms. The smallest absolute Gasteiger partial charge is 0.319 e. The molecule has 0 saturated heterocycles. The molecule has 0 bridgehead atoms. The Bertz CT molecular complexity index is 586. The number of carbonyl (C=O) groups is 2. The average molecular weight is 295 g/mol. The Hall–Kier alpha value is -1.56. The Balaban J connectivity index is 1.82. The fraction of sp³-hybridized carbons (Fsp3) is 0.429. The third-order valence-corrected chi connectivity index (χ3v) is 5.08. The van der Waals surface area contributed by atoms with Crippen LogP contribution in [0.3, 0.4) is 0 Å². The summed E-state index contributed by atoms with van der Waals surface area (Å²) < 4.78 is 13.7. The van der Waals surface area contributed by atoms with Gasteiger partial charge in [0.05, 0.1) is 6.04 Å². The zero-order valence-electron chi connectivity index (χ0n) is 10.7. The van der Waals surface area contributed by atoms with Crippen molar-refractivity contribution >= 4 is 23.6 Å². The number of amides is 1. The number of thioether (sulfide) groups is 1. The number of rotatable bonds is 3. The Morgan fingerprint density at radius 3 is 2.80 bits per heavy atom. The van der Waals surface area contributed by atoms with Crippen molar-refractivity contribution < 1.29 is 19.1 Å². The molecule has 0 radical (unpaired) electrons. The first kappa shape index (κ1) is 13.4. The highest BCUT2D eigenvalue weighted by Crippen LogP contribution is 2.47. The van der Waals surface area contributed by atoms with Gasteiger partial charge in [-0.2, -0.15) is 0 Å². The number of nitrogens with one attached hydrogen (secondary N) is 1. The molecule has 1 fully saturated rings. The second-order valence-corrected chi connectivity index (χ2v) is 6.31. The van der Waals surface area contributed by atoms with E-state index >= 15 is 0 Å². The van der Waals surface area contributed by atoms with E-state index < -0.39 is 17.3 Å².